The van der Waals surface area contributed by atoms with Gasteiger partial charge in [-0.1, -0.05) is 13.8 Å². The summed E-state index contributed by atoms with van der Waals surface area (Å²) in [6, 6.07) is 0. The van der Waals surface area contributed by atoms with E-state index in [4.69, 9.17) is 4.74 Å². The van der Waals surface area contributed by atoms with Gasteiger partial charge in [0.2, 0.25) is 0 Å². The summed E-state index contributed by atoms with van der Waals surface area (Å²) in [6.07, 6.45) is 4.14. The Balaban J connectivity index is 1.89. The van der Waals surface area contributed by atoms with Crippen LogP contribution in [0.5, 0.6) is 0 Å². The Hall–Kier alpha value is -0.0200. The highest BCUT2D eigenvalue weighted by Crippen LogP contribution is 2.41. The number of rotatable bonds is 3. The zero-order valence-electron chi connectivity index (χ0n) is 10.3. The Morgan fingerprint density at radius 1 is 1.56 bits per heavy atom. The first-order valence-corrected chi connectivity index (χ1v) is 7.51. The highest BCUT2D eigenvalue weighted by atomic mass is 32.2. The molecule has 2 fully saturated rings. The highest BCUT2D eigenvalue weighted by molar-refractivity contribution is 7.99. The van der Waals surface area contributed by atoms with Crippen LogP contribution in [-0.4, -0.2) is 29.5 Å². The van der Waals surface area contributed by atoms with Crippen molar-refractivity contribution in [3.63, 3.8) is 0 Å². The van der Waals surface area contributed by atoms with Crippen LogP contribution in [0.25, 0.3) is 0 Å². The fourth-order valence-electron chi connectivity index (χ4n) is 2.69. The van der Waals surface area contributed by atoms with Crippen LogP contribution in [0.2, 0.25) is 0 Å². The third kappa shape index (κ3) is 2.80. The van der Waals surface area contributed by atoms with Gasteiger partial charge in [0.25, 0.3) is 0 Å². The number of thioether (sulfide) groups is 1. The summed E-state index contributed by atoms with van der Waals surface area (Å²) < 4.78 is 5.97. The van der Waals surface area contributed by atoms with Crippen molar-refractivity contribution in [2.24, 2.45) is 11.8 Å². The standard InChI is InChI=1S/C13H22O2S/c1-10(2)12(14)7-11-3-5-15-13(8-11)4-6-16-9-13/h10-11H,3-9H2,1-2H3. The lowest BCUT2D eigenvalue weighted by Gasteiger charge is -2.37. The summed E-state index contributed by atoms with van der Waals surface area (Å²) in [4.78, 5) is 11.8. The Labute approximate surface area is 103 Å². The average molecular weight is 242 g/mol. The van der Waals surface area contributed by atoms with Crippen molar-refractivity contribution >= 4 is 17.5 Å². The van der Waals surface area contributed by atoms with Crippen LogP contribution in [0, 0.1) is 11.8 Å². The number of hydrogen-bond donors (Lipinski definition) is 0. The maximum absolute atomic E-state index is 11.8. The van der Waals surface area contributed by atoms with E-state index >= 15 is 0 Å². The fourth-order valence-corrected chi connectivity index (χ4v) is 4.07. The van der Waals surface area contributed by atoms with Crippen molar-refractivity contribution in [3.05, 3.63) is 0 Å². The van der Waals surface area contributed by atoms with Crippen LogP contribution in [0.1, 0.15) is 39.5 Å². The molecule has 0 aromatic heterocycles. The van der Waals surface area contributed by atoms with E-state index in [1.54, 1.807) is 0 Å². The lowest BCUT2D eigenvalue weighted by molar-refractivity contribution is -0.126. The second kappa shape index (κ2) is 5.09. The molecule has 0 bridgehead atoms. The zero-order chi connectivity index (χ0) is 11.6. The van der Waals surface area contributed by atoms with Gasteiger partial charge in [-0.15, -0.1) is 0 Å². The number of carbonyl (C=O) groups is 1. The summed E-state index contributed by atoms with van der Waals surface area (Å²) >= 11 is 2.00. The number of hydrogen-bond acceptors (Lipinski definition) is 3. The number of ether oxygens (including phenoxy) is 1. The third-order valence-corrected chi connectivity index (χ3v) is 5.02. The van der Waals surface area contributed by atoms with E-state index in [0.717, 1.165) is 31.6 Å². The minimum absolute atomic E-state index is 0.130. The smallest absolute Gasteiger partial charge is 0.135 e. The van der Waals surface area contributed by atoms with Crippen molar-refractivity contribution in [3.8, 4) is 0 Å². The minimum Gasteiger partial charge on any atom is -0.374 e. The molecule has 0 radical (unpaired) electrons. The molecule has 2 unspecified atom stereocenters. The van der Waals surface area contributed by atoms with E-state index in [9.17, 15) is 4.79 Å². The van der Waals surface area contributed by atoms with Crippen LogP contribution in [0.4, 0.5) is 0 Å². The van der Waals surface area contributed by atoms with Gasteiger partial charge in [0.05, 0.1) is 5.60 Å². The summed E-state index contributed by atoms with van der Waals surface area (Å²) in [5.74, 6) is 3.55. The Morgan fingerprint density at radius 3 is 3.00 bits per heavy atom. The predicted octanol–water partition coefficient (Wildman–Crippen LogP) is 2.90. The van der Waals surface area contributed by atoms with Crippen molar-refractivity contribution in [2.75, 3.05) is 18.1 Å². The van der Waals surface area contributed by atoms with Crippen LogP contribution < -0.4 is 0 Å². The van der Waals surface area contributed by atoms with Crippen molar-refractivity contribution in [1.82, 2.24) is 0 Å². The molecule has 2 atom stereocenters. The van der Waals surface area contributed by atoms with Gasteiger partial charge >= 0.3 is 0 Å². The first-order chi connectivity index (χ1) is 7.61. The quantitative estimate of drug-likeness (QED) is 0.761. The number of ketones is 1. The lowest BCUT2D eigenvalue weighted by Crippen LogP contribution is -2.40. The van der Waals surface area contributed by atoms with Gasteiger partial charge in [-0.3, -0.25) is 4.79 Å². The Kier molecular flexibility index (Phi) is 3.96. The molecule has 3 heteroatoms. The molecule has 0 amide bonds. The van der Waals surface area contributed by atoms with E-state index in [1.807, 2.05) is 25.6 Å². The molecular weight excluding hydrogens is 220 g/mol. The van der Waals surface area contributed by atoms with E-state index < -0.39 is 0 Å². The first-order valence-electron chi connectivity index (χ1n) is 6.36. The van der Waals surface area contributed by atoms with E-state index in [0.29, 0.717) is 11.7 Å². The molecule has 0 aliphatic carbocycles. The molecule has 0 saturated carbocycles. The Bertz CT molecular complexity index is 257. The van der Waals surface area contributed by atoms with Crippen molar-refractivity contribution < 1.29 is 9.53 Å². The molecule has 0 N–H and O–H groups in total. The number of carbonyl (C=O) groups excluding carboxylic acids is 1. The number of Topliss-reactive ketones (excluding diaryl/α,β-unsaturated/α-hetero) is 1. The van der Waals surface area contributed by atoms with Gasteiger partial charge in [0.15, 0.2) is 0 Å². The third-order valence-electron chi connectivity index (χ3n) is 3.80. The minimum atomic E-state index is 0.130. The van der Waals surface area contributed by atoms with Gasteiger partial charge in [-0.2, -0.15) is 11.8 Å². The molecule has 2 aliphatic heterocycles. The van der Waals surface area contributed by atoms with Crippen LogP contribution in [0.15, 0.2) is 0 Å². The van der Waals surface area contributed by atoms with Crippen molar-refractivity contribution in [1.29, 1.82) is 0 Å². The zero-order valence-corrected chi connectivity index (χ0v) is 11.1. The largest absolute Gasteiger partial charge is 0.374 e. The molecule has 0 aromatic rings. The van der Waals surface area contributed by atoms with Crippen LogP contribution in [-0.2, 0) is 9.53 Å². The van der Waals surface area contributed by atoms with Gasteiger partial charge in [0, 0.05) is 24.7 Å². The lowest BCUT2D eigenvalue weighted by atomic mass is 9.81. The van der Waals surface area contributed by atoms with Gasteiger partial charge in [-0.05, 0) is 30.9 Å². The molecule has 0 aromatic carbocycles. The molecule has 2 aliphatic rings. The maximum atomic E-state index is 11.8. The highest BCUT2D eigenvalue weighted by Gasteiger charge is 2.40. The summed E-state index contributed by atoms with van der Waals surface area (Å²) in [5.41, 5.74) is 0.130. The first kappa shape index (κ1) is 12.4. The van der Waals surface area contributed by atoms with E-state index in [2.05, 4.69) is 0 Å². The second-order valence-electron chi connectivity index (χ2n) is 5.52. The predicted molar refractivity (Wildman–Crippen MR) is 67.8 cm³/mol. The van der Waals surface area contributed by atoms with E-state index in [1.165, 1.54) is 12.2 Å². The summed E-state index contributed by atoms with van der Waals surface area (Å²) in [7, 11) is 0. The molecule has 92 valence electrons. The fraction of sp³-hybridized carbons (Fsp3) is 0.923. The SMILES string of the molecule is CC(C)C(=O)CC1CCOC2(CCSC2)C1. The van der Waals surface area contributed by atoms with Gasteiger partial charge in [0.1, 0.15) is 5.78 Å². The van der Waals surface area contributed by atoms with Crippen LogP contribution >= 0.6 is 11.8 Å². The van der Waals surface area contributed by atoms with Crippen LogP contribution in [0.3, 0.4) is 0 Å². The van der Waals surface area contributed by atoms with E-state index in [-0.39, 0.29) is 11.5 Å². The summed E-state index contributed by atoms with van der Waals surface area (Å²) in [6.45, 7) is 4.86. The van der Waals surface area contributed by atoms with Gasteiger partial charge < -0.3 is 4.74 Å². The molecule has 2 rings (SSSR count). The van der Waals surface area contributed by atoms with Crippen molar-refractivity contribution in [2.45, 2.75) is 45.1 Å². The normalized spacial score (nSPS) is 34.8. The second-order valence-corrected chi connectivity index (χ2v) is 6.62. The maximum Gasteiger partial charge on any atom is 0.135 e. The van der Waals surface area contributed by atoms with Gasteiger partial charge in [-0.25, -0.2) is 0 Å². The molecule has 2 heterocycles. The molecule has 16 heavy (non-hydrogen) atoms. The molecule has 1 spiro atoms. The molecular formula is C13H22O2S. The Morgan fingerprint density at radius 2 is 2.38 bits per heavy atom. The monoisotopic (exact) mass is 242 g/mol. The molecule has 2 saturated heterocycles. The molecule has 2 nitrogen and oxygen atoms in total. The topological polar surface area (TPSA) is 26.3 Å². The summed E-state index contributed by atoms with van der Waals surface area (Å²) in [5, 5.41) is 0. The average Bonchev–Trinajstić information content (AvgIpc) is 2.66.